The van der Waals surface area contributed by atoms with Gasteiger partial charge in [-0.1, -0.05) is 17.3 Å². The van der Waals surface area contributed by atoms with E-state index in [9.17, 15) is 4.79 Å². The number of hydrogen-bond donors (Lipinski definition) is 1. The predicted molar refractivity (Wildman–Crippen MR) is 104 cm³/mol. The minimum absolute atomic E-state index is 0.0571. The lowest BCUT2D eigenvalue weighted by Gasteiger charge is -2.34. The first kappa shape index (κ1) is 17.3. The van der Waals surface area contributed by atoms with Crippen LogP contribution in [0.2, 0.25) is 0 Å². The highest BCUT2D eigenvalue weighted by atomic mass is 16.5. The zero-order chi connectivity index (χ0) is 18.8. The van der Waals surface area contributed by atoms with Gasteiger partial charge in [-0.05, 0) is 43.2 Å². The number of ether oxygens (including phenoxy) is 1. The predicted octanol–water partition coefficient (Wildman–Crippen LogP) is 2.38. The minimum Gasteiger partial charge on any atom is -0.495 e. The second-order valence-electron chi connectivity index (χ2n) is 6.82. The lowest BCUT2D eigenvalue weighted by Crippen LogP contribution is -2.44. The molecule has 27 heavy (non-hydrogen) atoms. The summed E-state index contributed by atoms with van der Waals surface area (Å²) in [7, 11) is 3.53. The molecule has 0 aliphatic carbocycles. The molecule has 140 valence electrons. The average Bonchev–Trinajstić information content (AvgIpc) is 3.09. The molecule has 0 saturated carbocycles. The molecule has 2 heterocycles. The second kappa shape index (κ2) is 7.26. The van der Waals surface area contributed by atoms with Crippen LogP contribution < -0.4 is 15.0 Å². The summed E-state index contributed by atoms with van der Waals surface area (Å²) in [5.74, 6) is 0.829. The molecule has 0 atom stereocenters. The molecule has 3 aromatic rings. The fourth-order valence-electron chi connectivity index (χ4n) is 3.61. The van der Waals surface area contributed by atoms with Gasteiger partial charge in [-0.2, -0.15) is 0 Å². The van der Waals surface area contributed by atoms with Crippen molar-refractivity contribution in [1.29, 1.82) is 0 Å². The van der Waals surface area contributed by atoms with Crippen LogP contribution in [-0.4, -0.2) is 47.1 Å². The van der Waals surface area contributed by atoms with Crippen LogP contribution in [0.25, 0.3) is 11.0 Å². The number of aryl methyl sites for hydroxylation is 1. The SMILES string of the molecule is COc1ccccc1N1CCC(NC(=O)c2ccc3c(c2)nnn3C)CC1. The van der Waals surface area contributed by atoms with E-state index in [1.807, 2.05) is 37.4 Å². The Balaban J connectivity index is 1.39. The summed E-state index contributed by atoms with van der Waals surface area (Å²) >= 11 is 0. The van der Waals surface area contributed by atoms with E-state index in [2.05, 4.69) is 26.6 Å². The number of nitrogens with zero attached hydrogens (tertiary/aromatic N) is 4. The first-order chi connectivity index (χ1) is 13.2. The third-order valence-corrected chi connectivity index (χ3v) is 5.13. The maximum absolute atomic E-state index is 12.6. The monoisotopic (exact) mass is 365 g/mol. The number of methoxy groups -OCH3 is 1. The van der Waals surface area contributed by atoms with E-state index in [4.69, 9.17) is 4.74 Å². The van der Waals surface area contributed by atoms with Gasteiger partial charge >= 0.3 is 0 Å². The summed E-state index contributed by atoms with van der Waals surface area (Å²) in [5.41, 5.74) is 3.38. The molecule has 1 N–H and O–H groups in total. The molecule has 0 radical (unpaired) electrons. The molecule has 1 saturated heterocycles. The van der Waals surface area contributed by atoms with Crippen molar-refractivity contribution in [2.24, 2.45) is 7.05 Å². The smallest absolute Gasteiger partial charge is 0.251 e. The molecule has 1 aliphatic heterocycles. The molecular weight excluding hydrogens is 342 g/mol. The third-order valence-electron chi connectivity index (χ3n) is 5.13. The number of amides is 1. The molecule has 1 amide bonds. The summed E-state index contributed by atoms with van der Waals surface area (Å²) in [4.78, 5) is 14.9. The number of para-hydroxylation sites is 2. The van der Waals surface area contributed by atoms with E-state index in [1.54, 1.807) is 17.9 Å². The molecule has 0 spiro atoms. The number of aromatic nitrogens is 3. The van der Waals surface area contributed by atoms with Crippen molar-refractivity contribution in [3.8, 4) is 5.75 Å². The molecule has 1 aromatic heterocycles. The number of hydrogen-bond acceptors (Lipinski definition) is 5. The highest BCUT2D eigenvalue weighted by Crippen LogP contribution is 2.29. The Hall–Kier alpha value is -3.09. The normalized spacial score (nSPS) is 15.1. The maximum atomic E-state index is 12.6. The summed E-state index contributed by atoms with van der Waals surface area (Å²) < 4.78 is 7.16. The van der Waals surface area contributed by atoms with E-state index in [0.717, 1.165) is 48.4 Å². The molecule has 7 nitrogen and oxygen atoms in total. The number of carbonyl (C=O) groups is 1. The van der Waals surface area contributed by atoms with Gasteiger partial charge in [0.2, 0.25) is 0 Å². The Bertz CT molecular complexity index is 960. The molecule has 1 aliphatic rings. The van der Waals surface area contributed by atoms with Crippen LogP contribution in [0.15, 0.2) is 42.5 Å². The van der Waals surface area contributed by atoms with Gasteiger partial charge in [-0.25, -0.2) is 4.68 Å². The van der Waals surface area contributed by atoms with E-state index in [0.29, 0.717) is 5.56 Å². The Labute approximate surface area is 157 Å². The van der Waals surface area contributed by atoms with Crippen LogP contribution in [0, 0.1) is 0 Å². The average molecular weight is 365 g/mol. The van der Waals surface area contributed by atoms with Gasteiger partial charge in [-0.15, -0.1) is 5.10 Å². The molecule has 1 fully saturated rings. The zero-order valence-electron chi connectivity index (χ0n) is 15.6. The van der Waals surface area contributed by atoms with E-state index in [1.165, 1.54) is 0 Å². The van der Waals surface area contributed by atoms with Crippen molar-refractivity contribution in [2.45, 2.75) is 18.9 Å². The number of benzene rings is 2. The Morgan fingerprint density at radius 3 is 2.74 bits per heavy atom. The number of rotatable bonds is 4. The van der Waals surface area contributed by atoms with Crippen molar-refractivity contribution in [3.63, 3.8) is 0 Å². The van der Waals surface area contributed by atoms with Crippen LogP contribution in [0.1, 0.15) is 23.2 Å². The summed E-state index contributed by atoms with van der Waals surface area (Å²) in [6.45, 7) is 1.77. The van der Waals surface area contributed by atoms with Gasteiger partial charge in [0.05, 0.1) is 18.3 Å². The van der Waals surface area contributed by atoms with Crippen molar-refractivity contribution in [2.75, 3.05) is 25.1 Å². The first-order valence-corrected chi connectivity index (χ1v) is 9.14. The summed E-state index contributed by atoms with van der Waals surface area (Å²) in [6.07, 6.45) is 1.80. The first-order valence-electron chi connectivity index (χ1n) is 9.14. The van der Waals surface area contributed by atoms with Gasteiger partial charge in [0, 0.05) is 31.7 Å². The van der Waals surface area contributed by atoms with Gasteiger partial charge in [0.25, 0.3) is 5.91 Å². The topological polar surface area (TPSA) is 72.3 Å². The van der Waals surface area contributed by atoms with Crippen molar-refractivity contribution >= 4 is 22.6 Å². The van der Waals surface area contributed by atoms with Gasteiger partial charge in [-0.3, -0.25) is 4.79 Å². The Kier molecular flexibility index (Phi) is 4.66. The number of piperidine rings is 1. The van der Waals surface area contributed by atoms with Gasteiger partial charge < -0.3 is 15.0 Å². The third kappa shape index (κ3) is 3.45. The van der Waals surface area contributed by atoms with E-state index in [-0.39, 0.29) is 11.9 Å². The second-order valence-corrected chi connectivity index (χ2v) is 6.82. The standard InChI is InChI=1S/C20H23N5O2/c1-24-17-8-7-14(13-16(17)22-23-24)20(26)21-15-9-11-25(12-10-15)18-5-3-4-6-19(18)27-2/h3-8,13,15H,9-12H2,1-2H3,(H,21,26). The number of fused-ring (bicyclic) bond motifs is 1. The van der Waals surface area contributed by atoms with Gasteiger partial charge in [0.15, 0.2) is 0 Å². The summed E-state index contributed by atoms with van der Waals surface area (Å²) in [6, 6.07) is 13.7. The zero-order valence-corrected chi connectivity index (χ0v) is 15.6. The van der Waals surface area contributed by atoms with Crippen LogP contribution in [0.5, 0.6) is 5.75 Å². The fourth-order valence-corrected chi connectivity index (χ4v) is 3.61. The molecule has 4 rings (SSSR count). The minimum atomic E-state index is -0.0571. The van der Waals surface area contributed by atoms with Crippen LogP contribution in [0.4, 0.5) is 5.69 Å². The van der Waals surface area contributed by atoms with Crippen molar-refractivity contribution < 1.29 is 9.53 Å². The molecule has 7 heteroatoms. The van der Waals surface area contributed by atoms with Crippen molar-refractivity contribution in [3.05, 3.63) is 48.0 Å². The van der Waals surface area contributed by atoms with Gasteiger partial charge in [0.1, 0.15) is 11.3 Å². The maximum Gasteiger partial charge on any atom is 0.251 e. The van der Waals surface area contributed by atoms with Crippen LogP contribution in [0.3, 0.4) is 0 Å². The molecule has 0 bridgehead atoms. The van der Waals surface area contributed by atoms with E-state index >= 15 is 0 Å². The molecular formula is C20H23N5O2. The lowest BCUT2D eigenvalue weighted by molar-refractivity contribution is 0.0931. The Morgan fingerprint density at radius 2 is 1.96 bits per heavy atom. The lowest BCUT2D eigenvalue weighted by atomic mass is 10.0. The summed E-state index contributed by atoms with van der Waals surface area (Å²) in [5, 5.41) is 11.2. The Morgan fingerprint density at radius 1 is 1.19 bits per heavy atom. The van der Waals surface area contributed by atoms with Crippen LogP contribution in [-0.2, 0) is 7.05 Å². The largest absolute Gasteiger partial charge is 0.495 e. The number of anilines is 1. The van der Waals surface area contributed by atoms with E-state index < -0.39 is 0 Å². The van der Waals surface area contributed by atoms with Crippen LogP contribution >= 0.6 is 0 Å². The molecule has 2 aromatic carbocycles. The van der Waals surface area contributed by atoms with Crippen molar-refractivity contribution in [1.82, 2.24) is 20.3 Å². The quantitative estimate of drug-likeness (QED) is 0.769. The molecule has 0 unspecified atom stereocenters. The number of nitrogens with one attached hydrogen (secondary N) is 1. The highest BCUT2D eigenvalue weighted by Gasteiger charge is 2.23. The fraction of sp³-hybridized carbons (Fsp3) is 0.350. The number of carbonyl (C=O) groups excluding carboxylic acids is 1. The highest BCUT2D eigenvalue weighted by molar-refractivity contribution is 5.97.